The SMILES string of the molecule is CSC1CCCC(NCC(C)CO)C1. The predicted octanol–water partition coefficient (Wildman–Crippen LogP) is 1.88. The van der Waals surface area contributed by atoms with E-state index in [4.69, 9.17) is 5.11 Å². The first-order valence-corrected chi connectivity index (χ1v) is 6.92. The van der Waals surface area contributed by atoms with Crippen LogP contribution in [0.5, 0.6) is 0 Å². The lowest BCUT2D eigenvalue weighted by molar-refractivity contribution is 0.225. The lowest BCUT2D eigenvalue weighted by Crippen LogP contribution is -2.38. The topological polar surface area (TPSA) is 32.3 Å². The van der Waals surface area contributed by atoms with Crippen molar-refractivity contribution in [2.24, 2.45) is 5.92 Å². The van der Waals surface area contributed by atoms with Crippen molar-refractivity contribution in [3.63, 3.8) is 0 Å². The average Bonchev–Trinajstić information content (AvgIpc) is 2.26. The van der Waals surface area contributed by atoms with Crippen molar-refractivity contribution < 1.29 is 5.11 Å². The van der Waals surface area contributed by atoms with E-state index in [-0.39, 0.29) is 0 Å². The summed E-state index contributed by atoms with van der Waals surface area (Å²) in [7, 11) is 0. The molecule has 0 amide bonds. The van der Waals surface area contributed by atoms with Crippen molar-refractivity contribution >= 4 is 11.8 Å². The van der Waals surface area contributed by atoms with E-state index in [1.54, 1.807) is 0 Å². The summed E-state index contributed by atoms with van der Waals surface area (Å²) in [5, 5.41) is 13.3. The first-order valence-electron chi connectivity index (χ1n) is 5.63. The summed E-state index contributed by atoms with van der Waals surface area (Å²) in [6.07, 6.45) is 7.57. The molecule has 1 saturated carbocycles. The number of nitrogens with one attached hydrogen (secondary N) is 1. The minimum Gasteiger partial charge on any atom is -0.396 e. The maximum absolute atomic E-state index is 8.92. The van der Waals surface area contributed by atoms with E-state index in [9.17, 15) is 0 Å². The van der Waals surface area contributed by atoms with Crippen LogP contribution in [0.1, 0.15) is 32.6 Å². The Morgan fingerprint density at radius 3 is 2.93 bits per heavy atom. The second-order valence-corrected chi connectivity index (χ2v) is 5.56. The number of thioether (sulfide) groups is 1. The van der Waals surface area contributed by atoms with Crippen LogP contribution in [-0.2, 0) is 0 Å². The van der Waals surface area contributed by atoms with Crippen molar-refractivity contribution in [2.75, 3.05) is 19.4 Å². The van der Waals surface area contributed by atoms with Crippen LogP contribution in [0.25, 0.3) is 0 Å². The maximum Gasteiger partial charge on any atom is 0.0468 e. The van der Waals surface area contributed by atoms with E-state index in [2.05, 4.69) is 18.5 Å². The van der Waals surface area contributed by atoms with Gasteiger partial charge in [-0.05, 0) is 31.4 Å². The second kappa shape index (κ2) is 6.70. The van der Waals surface area contributed by atoms with Gasteiger partial charge in [0.05, 0.1) is 0 Å². The molecule has 0 aromatic heterocycles. The van der Waals surface area contributed by atoms with Crippen LogP contribution in [0, 0.1) is 5.92 Å². The van der Waals surface area contributed by atoms with Crippen LogP contribution in [-0.4, -0.2) is 35.8 Å². The van der Waals surface area contributed by atoms with Crippen LogP contribution in [0.4, 0.5) is 0 Å². The number of aliphatic hydroxyl groups excluding tert-OH is 1. The minimum absolute atomic E-state index is 0.297. The van der Waals surface area contributed by atoms with E-state index in [0.29, 0.717) is 18.6 Å². The van der Waals surface area contributed by atoms with Gasteiger partial charge in [0.2, 0.25) is 0 Å². The highest BCUT2D eigenvalue weighted by molar-refractivity contribution is 7.99. The minimum atomic E-state index is 0.297. The van der Waals surface area contributed by atoms with Crippen molar-refractivity contribution in [1.29, 1.82) is 0 Å². The molecule has 1 aliphatic carbocycles. The molecule has 2 N–H and O–H groups in total. The highest BCUT2D eigenvalue weighted by atomic mass is 32.2. The van der Waals surface area contributed by atoms with Gasteiger partial charge in [-0.15, -0.1) is 0 Å². The first kappa shape index (κ1) is 12.3. The van der Waals surface area contributed by atoms with Crippen molar-refractivity contribution in [3.8, 4) is 0 Å². The average molecular weight is 217 g/mol. The number of aliphatic hydroxyl groups is 1. The Bertz CT molecular complexity index is 154. The van der Waals surface area contributed by atoms with Gasteiger partial charge in [0.1, 0.15) is 0 Å². The van der Waals surface area contributed by atoms with Crippen molar-refractivity contribution in [1.82, 2.24) is 5.32 Å². The van der Waals surface area contributed by atoms with Gasteiger partial charge in [-0.1, -0.05) is 13.3 Å². The summed E-state index contributed by atoms with van der Waals surface area (Å²) in [5.41, 5.74) is 0. The molecular weight excluding hydrogens is 194 g/mol. The third kappa shape index (κ3) is 4.20. The van der Waals surface area contributed by atoms with Crippen LogP contribution >= 0.6 is 11.8 Å². The van der Waals surface area contributed by atoms with Gasteiger partial charge in [-0.2, -0.15) is 11.8 Å². The molecule has 0 radical (unpaired) electrons. The fraction of sp³-hybridized carbons (Fsp3) is 1.00. The van der Waals surface area contributed by atoms with Crippen LogP contribution in [0.15, 0.2) is 0 Å². The summed E-state index contributed by atoms with van der Waals surface area (Å²) in [5.74, 6) is 0.393. The molecule has 84 valence electrons. The molecule has 0 heterocycles. The van der Waals surface area contributed by atoms with Gasteiger partial charge in [0, 0.05) is 24.4 Å². The van der Waals surface area contributed by atoms with Gasteiger partial charge in [0.25, 0.3) is 0 Å². The second-order valence-electron chi connectivity index (χ2n) is 4.42. The molecule has 0 aliphatic heterocycles. The summed E-state index contributed by atoms with van der Waals surface area (Å²) >= 11 is 2.00. The quantitative estimate of drug-likeness (QED) is 0.737. The van der Waals surface area contributed by atoms with E-state index in [1.807, 2.05) is 11.8 Å². The largest absolute Gasteiger partial charge is 0.396 e. The molecule has 0 aromatic rings. The molecule has 0 bridgehead atoms. The van der Waals surface area contributed by atoms with Crippen LogP contribution in [0.3, 0.4) is 0 Å². The molecular formula is C11H23NOS. The predicted molar refractivity (Wildman–Crippen MR) is 63.8 cm³/mol. The number of hydrogen-bond donors (Lipinski definition) is 2. The zero-order chi connectivity index (χ0) is 10.4. The normalized spacial score (nSPS) is 30.2. The fourth-order valence-corrected chi connectivity index (χ4v) is 2.80. The van der Waals surface area contributed by atoms with Gasteiger partial charge in [-0.3, -0.25) is 0 Å². The molecule has 0 spiro atoms. The fourth-order valence-electron chi connectivity index (χ4n) is 1.98. The monoisotopic (exact) mass is 217 g/mol. The highest BCUT2D eigenvalue weighted by Crippen LogP contribution is 2.26. The van der Waals surface area contributed by atoms with E-state index in [0.717, 1.165) is 11.8 Å². The van der Waals surface area contributed by atoms with Gasteiger partial charge in [-0.25, -0.2) is 0 Å². The molecule has 3 heteroatoms. The molecule has 1 fully saturated rings. The Labute approximate surface area is 91.9 Å². The van der Waals surface area contributed by atoms with Crippen LogP contribution < -0.4 is 5.32 Å². The Balaban J connectivity index is 2.17. The van der Waals surface area contributed by atoms with Gasteiger partial charge in [0.15, 0.2) is 0 Å². The third-order valence-corrected chi connectivity index (χ3v) is 4.12. The van der Waals surface area contributed by atoms with Crippen molar-refractivity contribution in [2.45, 2.75) is 43.9 Å². The third-order valence-electron chi connectivity index (χ3n) is 3.03. The molecule has 1 aliphatic rings. The lowest BCUT2D eigenvalue weighted by Gasteiger charge is -2.29. The summed E-state index contributed by atoms with van der Waals surface area (Å²) in [6.45, 7) is 3.34. The number of hydrogen-bond acceptors (Lipinski definition) is 3. The molecule has 1 rings (SSSR count). The van der Waals surface area contributed by atoms with E-state index >= 15 is 0 Å². The van der Waals surface area contributed by atoms with Gasteiger partial charge >= 0.3 is 0 Å². The lowest BCUT2D eigenvalue weighted by atomic mass is 9.94. The zero-order valence-corrected chi connectivity index (χ0v) is 10.1. The van der Waals surface area contributed by atoms with Gasteiger partial charge < -0.3 is 10.4 Å². The smallest absolute Gasteiger partial charge is 0.0468 e. The number of rotatable bonds is 5. The standard InChI is InChI=1S/C11H23NOS/c1-9(8-13)7-12-10-4-3-5-11(6-10)14-2/h9-13H,3-8H2,1-2H3. The summed E-state index contributed by atoms with van der Waals surface area (Å²) in [4.78, 5) is 0. The van der Waals surface area contributed by atoms with E-state index in [1.165, 1.54) is 25.7 Å². The summed E-state index contributed by atoms with van der Waals surface area (Å²) in [6, 6.07) is 0.690. The maximum atomic E-state index is 8.92. The molecule has 3 unspecified atom stereocenters. The Kier molecular flexibility index (Phi) is 5.90. The Morgan fingerprint density at radius 2 is 2.29 bits per heavy atom. The zero-order valence-electron chi connectivity index (χ0n) is 9.33. The highest BCUT2D eigenvalue weighted by Gasteiger charge is 2.20. The summed E-state index contributed by atoms with van der Waals surface area (Å²) < 4.78 is 0. The molecule has 3 atom stereocenters. The van der Waals surface area contributed by atoms with Crippen LogP contribution in [0.2, 0.25) is 0 Å². The molecule has 0 saturated heterocycles. The van der Waals surface area contributed by atoms with E-state index < -0.39 is 0 Å². The molecule has 2 nitrogen and oxygen atoms in total. The Morgan fingerprint density at radius 1 is 1.50 bits per heavy atom. The molecule has 14 heavy (non-hydrogen) atoms. The Hall–Kier alpha value is 0.270. The first-order chi connectivity index (χ1) is 6.76. The molecule has 0 aromatic carbocycles. The van der Waals surface area contributed by atoms with Crippen molar-refractivity contribution in [3.05, 3.63) is 0 Å².